The van der Waals surface area contributed by atoms with Crippen molar-refractivity contribution in [1.29, 1.82) is 0 Å². The molecular weight excluding hydrogens is 152 g/mol. The molecule has 1 aromatic rings. The average molecular weight is 164 g/mol. The van der Waals surface area contributed by atoms with E-state index in [0.29, 0.717) is 0 Å². The Labute approximate surface area is 70.9 Å². The van der Waals surface area contributed by atoms with Gasteiger partial charge in [0.15, 0.2) is 0 Å². The summed E-state index contributed by atoms with van der Waals surface area (Å²) in [6, 6.07) is 0. The Morgan fingerprint density at radius 1 is 1.33 bits per heavy atom. The van der Waals surface area contributed by atoms with Crippen molar-refractivity contribution in [2.24, 2.45) is 0 Å². The van der Waals surface area contributed by atoms with E-state index in [0.717, 1.165) is 24.2 Å². The van der Waals surface area contributed by atoms with Crippen molar-refractivity contribution in [2.45, 2.75) is 32.6 Å². The largest absolute Gasteiger partial charge is 0.345 e. The maximum absolute atomic E-state index is 11.0. The van der Waals surface area contributed by atoms with Crippen molar-refractivity contribution < 1.29 is 0 Å². The molecule has 1 aromatic heterocycles. The standard InChI is InChI=1S/C9H12N2O/c1-6-7-4-2-3-5-8(7)11-9(12)10-6/h2-5H2,1H3,(H,10,11,12). The zero-order chi connectivity index (χ0) is 8.55. The SMILES string of the molecule is Cc1[nH]c(=O)nc2c1CCCC2. The van der Waals surface area contributed by atoms with Crippen molar-refractivity contribution in [3.63, 3.8) is 0 Å². The molecule has 0 unspecified atom stereocenters. The van der Waals surface area contributed by atoms with Crippen LogP contribution in [-0.4, -0.2) is 9.97 Å². The molecule has 0 saturated carbocycles. The second-order valence-electron chi connectivity index (χ2n) is 3.30. The minimum Gasteiger partial charge on any atom is -0.310 e. The predicted molar refractivity (Wildman–Crippen MR) is 46.2 cm³/mol. The van der Waals surface area contributed by atoms with E-state index in [1.165, 1.54) is 18.4 Å². The van der Waals surface area contributed by atoms with Crippen LogP contribution < -0.4 is 5.69 Å². The number of nitrogens with one attached hydrogen (secondary N) is 1. The second kappa shape index (κ2) is 2.73. The van der Waals surface area contributed by atoms with E-state index < -0.39 is 0 Å². The first-order valence-electron chi connectivity index (χ1n) is 4.36. The van der Waals surface area contributed by atoms with Crippen LogP contribution in [0.5, 0.6) is 0 Å². The summed E-state index contributed by atoms with van der Waals surface area (Å²) in [6.07, 6.45) is 4.44. The van der Waals surface area contributed by atoms with E-state index in [2.05, 4.69) is 9.97 Å². The molecule has 2 rings (SSSR count). The van der Waals surface area contributed by atoms with Crippen LogP contribution in [-0.2, 0) is 12.8 Å². The van der Waals surface area contributed by atoms with Gasteiger partial charge >= 0.3 is 5.69 Å². The first kappa shape index (κ1) is 7.53. The molecule has 64 valence electrons. The maximum Gasteiger partial charge on any atom is 0.345 e. The van der Waals surface area contributed by atoms with Crippen LogP contribution in [0.3, 0.4) is 0 Å². The number of aromatic nitrogens is 2. The van der Waals surface area contributed by atoms with Gasteiger partial charge in [-0.1, -0.05) is 0 Å². The van der Waals surface area contributed by atoms with E-state index in [1.54, 1.807) is 0 Å². The van der Waals surface area contributed by atoms with E-state index >= 15 is 0 Å². The van der Waals surface area contributed by atoms with Crippen LogP contribution >= 0.6 is 0 Å². The summed E-state index contributed by atoms with van der Waals surface area (Å²) in [6.45, 7) is 1.95. The Balaban J connectivity index is 2.60. The summed E-state index contributed by atoms with van der Waals surface area (Å²) in [7, 11) is 0. The van der Waals surface area contributed by atoms with Crippen molar-refractivity contribution in [3.8, 4) is 0 Å². The van der Waals surface area contributed by atoms with Crippen molar-refractivity contribution in [1.82, 2.24) is 9.97 Å². The number of hydrogen-bond donors (Lipinski definition) is 1. The zero-order valence-electron chi connectivity index (χ0n) is 7.18. The minimum atomic E-state index is -0.201. The van der Waals surface area contributed by atoms with Crippen molar-refractivity contribution >= 4 is 0 Å². The molecule has 0 bridgehead atoms. The molecule has 3 heteroatoms. The molecule has 1 aliphatic rings. The van der Waals surface area contributed by atoms with Crippen LogP contribution in [0, 0.1) is 6.92 Å². The summed E-state index contributed by atoms with van der Waals surface area (Å²) in [5, 5.41) is 0. The lowest BCUT2D eigenvalue weighted by Crippen LogP contribution is -2.19. The molecule has 0 aromatic carbocycles. The Bertz CT molecular complexity index is 354. The second-order valence-corrected chi connectivity index (χ2v) is 3.30. The summed E-state index contributed by atoms with van der Waals surface area (Å²) < 4.78 is 0. The summed E-state index contributed by atoms with van der Waals surface area (Å²) in [4.78, 5) is 17.7. The first-order chi connectivity index (χ1) is 5.77. The topological polar surface area (TPSA) is 45.8 Å². The van der Waals surface area contributed by atoms with Gasteiger partial charge < -0.3 is 4.98 Å². The van der Waals surface area contributed by atoms with E-state index in [1.807, 2.05) is 6.92 Å². The highest BCUT2D eigenvalue weighted by Gasteiger charge is 2.13. The number of rotatable bonds is 0. The molecule has 0 radical (unpaired) electrons. The lowest BCUT2D eigenvalue weighted by atomic mass is 9.95. The fourth-order valence-corrected chi connectivity index (χ4v) is 1.80. The van der Waals surface area contributed by atoms with E-state index in [4.69, 9.17) is 0 Å². The van der Waals surface area contributed by atoms with E-state index in [9.17, 15) is 4.79 Å². The summed E-state index contributed by atoms with van der Waals surface area (Å²) in [5.41, 5.74) is 3.08. The molecular formula is C9H12N2O. The third kappa shape index (κ3) is 1.15. The van der Waals surface area contributed by atoms with Gasteiger partial charge in [-0.05, 0) is 38.2 Å². The Hall–Kier alpha value is -1.12. The first-order valence-corrected chi connectivity index (χ1v) is 4.36. The molecule has 1 aliphatic carbocycles. The fraction of sp³-hybridized carbons (Fsp3) is 0.556. The van der Waals surface area contributed by atoms with Crippen LogP contribution in [0.15, 0.2) is 4.79 Å². The predicted octanol–water partition coefficient (Wildman–Crippen LogP) is 0.957. The summed E-state index contributed by atoms with van der Waals surface area (Å²) in [5.74, 6) is 0. The quantitative estimate of drug-likeness (QED) is 0.620. The highest BCUT2D eigenvalue weighted by Crippen LogP contribution is 2.19. The van der Waals surface area contributed by atoms with Gasteiger partial charge in [-0.15, -0.1) is 0 Å². The molecule has 0 saturated heterocycles. The number of H-pyrrole nitrogens is 1. The van der Waals surface area contributed by atoms with Crippen LogP contribution in [0.4, 0.5) is 0 Å². The Morgan fingerprint density at radius 3 is 2.92 bits per heavy atom. The van der Waals surface area contributed by atoms with Gasteiger partial charge in [0.2, 0.25) is 0 Å². The Kier molecular flexibility index (Phi) is 1.71. The molecule has 0 aliphatic heterocycles. The van der Waals surface area contributed by atoms with Gasteiger partial charge in [0, 0.05) is 5.69 Å². The monoisotopic (exact) mass is 164 g/mol. The van der Waals surface area contributed by atoms with Gasteiger partial charge in [-0.2, -0.15) is 4.98 Å². The molecule has 0 atom stereocenters. The van der Waals surface area contributed by atoms with E-state index in [-0.39, 0.29) is 5.69 Å². The minimum absolute atomic E-state index is 0.201. The van der Waals surface area contributed by atoms with Crippen molar-refractivity contribution in [3.05, 3.63) is 27.4 Å². The fourth-order valence-electron chi connectivity index (χ4n) is 1.80. The maximum atomic E-state index is 11.0. The third-order valence-corrected chi connectivity index (χ3v) is 2.42. The number of nitrogens with zero attached hydrogens (tertiary/aromatic N) is 1. The number of aromatic amines is 1. The lowest BCUT2D eigenvalue weighted by Gasteiger charge is -2.15. The number of fused-ring (bicyclic) bond motifs is 1. The highest BCUT2D eigenvalue weighted by molar-refractivity contribution is 5.25. The van der Waals surface area contributed by atoms with Crippen LogP contribution in [0.25, 0.3) is 0 Å². The summed E-state index contributed by atoms with van der Waals surface area (Å²) >= 11 is 0. The molecule has 1 heterocycles. The molecule has 1 N–H and O–H groups in total. The number of aryl methyl sites for hydroxylation is 2. The van der Waals surface area contributed by atoms with Gasteiger partial charge in [0.05, 0.1) is 5.69 Å². The normalized spacial score (nSPS) is 15.8. The number of hydrogen-bond acceptors (Lipinski definition) is 2. The van der Waals surface area contributed by atoms with Gasteiger partial charge in [0.1, 0.15) is 0 Å². The van der Waals surface area contributed by atoms with Crippen LogP contribution in [0.2, 0.25) is 0 Å². The van der Waals surface area contributed by atoms with Crippen LogP contribution in [0.1, 0.15) is 29.8 Å². The highest BCUT2D eigenvalue weighted by atomic mass is 16.1. The molecule has 3 nitrogen and oxygen atoms in total. The lowest BCUT2D eigenvalue weighted by molar-refractivity contribution is 0.651. The average Bonchev–Trinajstić information content (AvgIpc) is 2.04. The third-order valence-electron chi connectivity index (χ3n) is 2.42. The zero-order valence-corrected chi connectivity index (χ0v) is 7.18. The smallest absolute Gasteiger partial charge is 0.310 e. The van der Waals surface area contributed by atoms with Crippen molar-refractivity contribution in [2.75, 3.05) is 0 Å². The van der Waals surface area contributed by atoms with Gasteiger partial charge in [0.25, 0.3) is 0 Å². The molecule has 0 amide bonds. The molecule has 12 heavy (non-hydrogen) atoms. The van der Waals surface area contributed by atoms with Gasteiger partial charge in [-0.25, -0.2) is 4.79 Å². The molecule has 0 spiro atoms. The van der Waals surface area contributed by atoms with Gasteiger partial charge in [-0.3, -0.25) is 0 Å². The molecule has 0 fully saturated rings. The Morgan fingerprint density at radius 2 is 2.08 bits per heavy atom.